The summed E-state index contributed by atoms with van der Waals surface area (Å²) < 4.78 is 32.6. The van der Waals surface area contributed by atoms with Crippen LogP contribution in [-0.2, 0) is 14.8 Å². The van der Waals surface area contributed by atoms with Crippen LogP contribution in [0.25, 0.3) is 10.9 Å². The highest BCUT2D eigenvalue weighted by atomic mass is 35.5. The number of H-pyrrole nitrogens is 1. The van der Waals surface area contributed by atoms with Gasteiger partial charge in [0, 0.05) is 35.6 Å². The fourth-order valence-electron chi connectivity index (χ4n) is 2.54. The molecule has 2 rings (SSSR count). The van der Waals surface area contributed by atoms with E-state index in [2.05, 4.69) is 4.98 Å². The third-order valence-electron chi connectivity index (χ3n) is 3.62. The Labute approximate surface area is 145 Å². The molecule has 7 nitrogen and oxygen atoms in total. The predicted molar refractivity (Wildman–Crippen MR) is 92.7 cm³/mol. The Hall–Kier alpha value is -1.61. The number of primary amides is 1. The van der Waals surface area contributed by atoms with Crippen molar-refractivity contribution in [2.45, 2.75) is 24.8 Å². The van der Waals surface area contributed by atoms with Crippen molar-refractivity contribution in [2.24, 2.45) is 5.73 Å². The molecule has 1 aromatic carbocycles. The molecule has 0 aliphatic heterocycles. The Kier molecular flexibility index (Phi) is 5.54. The van der Waals surface area contributed by atoms with Crippen LogP contribution in [0.5, 0.6) is 0 Å². The van der Waals surface area contributed by atoms with Crippen LogP contribution in [0, 0.1) is 0 Å². The number of nitrogens with zero attached hydrogens (tertiary/aromatic N) is 1. The minimum absolute atomic E-state index is 0.155. The summed E-state index contributed by atoms with van der Waals surface area (Å²) in [6.45, 7) is 3.88. The number of halogens is 1. The molecule has 0 bridgehead atoms. The molecule has 0 saturated heterocycles. The molecule has 0 aliphatic rings. The van der Waals surface area contributed by atoms with Gasteiger partial charge in [-0.2, -0.15) is 4.31 Å². The zero-order chi connectivity index (χ0) is 18.1. The van der Waals surface area contributed by atoms with E-state index in [0.717, 1.165) is 0 Å². The van der Waals surface area contributed by atoms with Crippen LogP contribution in [0.2, 0.25) is 5.02 Å². The number of rotatable bonds is 7. The van der Waals surface area contributed by atoms with Crippen molar-refractivity contribution in [1.29, 1.82) is 0 Å². The van der Waals surface area contributed by atoms with Crippen molar-refractivity contribution in [3.05, 3.63) is 28.9 Å². The topological polar surface area (TPSA) is 105 Å². The summed E-state index contributed by atoms with van der Waals surface area (Å²) in [6, 6.07) is 4.39. The molecular formula is C15H20ClN3O4S. The maximum atomic E-state index is 13.2. The Morgan fingerprint density at radius 3 is 2.62 bits per heavy atom. The third-order valence-corrected chi connectivity index (χ3v) is 6.01. The van der Waals surface area contributed by atoms with Gasteiger partial charge in [-0.3, -0.25) is 4.79 Å². The zero-order valence-electron chi connectivity index (χ0n) is 13.7. The summed E-state index contributed by atoms with van der Waals surface area (Å²) in [6.07, 6.45) is 0. The summed E-state index contributed by atoms with van der Waals surface area (Å²) in [5.74, 6) is -0.851. The van der Waals surface area contributed by atoms with Crippen LogP contribution >= 0.6 is 11.6 Å². The molecule has 0 aliphatic carbocycles. The lowest BCUT2D eigenvalue weighted by Crippen LogP contribution is -2.39. The molecule has 0 radical (unpaired) electrons. The first-order valence-electron chi connectivity index (χ1n) is 7.32. The minimum atomic E-state index is -3.99. The van der Waals surface area contributed by atoms with Gasteiger partial charge < -0.3 is 15.5 Å². The van der Waals surface area contributed by atoms with E-state index in [9.17, 15) is 13.2 Å². The summed E-state index contributed by atoms with van der Waals surface area (Å²) in [7, 11) is -2.49. The van der Waals surface area contributed by atoms with E-state index in [4.69, 9.17) is 22.1 Å². The Bertz CT molecular complexity index is 861. The van der Waals surface area contributed by atoms with Crippen LogP contribution in [0.3, 0.4) is 0 Å². The van der Waals surface area contributed by atoms with Crippen LogP contribution in [0.15, 0.2) is 23.1 Å². The highest BCUT2D eigenvalue weighted by Crippen LogP contribution is 2.32. The van der Waals surface area contributed by atoms with Crippen molar-refractivity contribution < 1.29 is 17.9 Å². The number of hydrogen-bond acceptors (Lipinski definition) is 4. The SMILES string of the molecule is COCCN(C(C)C)S(=O)(=O)c1c(C(N)=O)[nH]c2ccc(Cl)cc12. The number of methoxy groups -OCH3 is 1. The molecule has 132 valence electrons. The molecule has 3 N–H and O–H groups in total. The van der Waals surface area contributed by atoms with E-state index in [-0.39, 0.29) is 29.8 Å². The minimum Gasteiger partial charge on any atom is -0.383 e. The van der Waals surface area contributed by atoms with Gasteiger partial charge in [0.2, 0.25) is 10.0 Å². The van der Waals surface area contributed by atoms with Gasteiger partial charge in [-0.25, -0.2) is 8.42 Å². The number of carbonyl (C=O) groups is 1. The van der Waals surface area contributed by atoms with E-state index >= 15 is 0 Å². The Morgan fingerprint density at radius 2 is 2.08 bits per heavy atom. The van der Waals surface area contributed by atoms with Gasteiger partial charge in [-0.15, -0.1) is 0 Å². The highest BCUT2D eigenvalue weighted by molar-refractivity contribution is 7.89. The lowest BCUT2D eigenvalue weighted by molar-refractivity contribution is 0.0993. The first kappa shape index (κ1) is 18.7. The number of aromatic nitrogens is 1. The second kappa shape index (κ2) is 7.10. The molecule has 1 aromatic heterocycles. The van der Waals surface area contributed by atoms with Crippen LogP contribution in [-0.4, -0.2) is 49.9 Å². The van der Waals surface area contributed by atoms with Gasteiger partial charge in [-0.05, 0) is 32.0 Å². The number of sulfonamides is 1. The van der Waals surface area contributed by atoms with Gasteiger partial charge in [0.25, 0.3) is 5.91 Å². The van der Waals surface area contributed by atoms with Crippen LogP contribution in [0.1, 0.15) is 24.3 Å². The van der Waals surface area contributed by atoms with Gasteiger partial charge in [-0.1, -0.05) is 11.6 Å². The van der Waals surface area contributed by atoms with E-state index < -0.39 is 15.9 Å². The number of benzene rings is 1. The smallest absolute Gasteiger partial charge is 0.266 e. The number of carbonyl (C=O) groups excluding carboxylic acids is 1. The summed E-state index contributed by atoms with van der Waals surface area (Å²) in [4.78, 5) is 14.4. The van der Waals surface area contributed by atoms with Gasteiger partial charge in [0.05, 0.1) is 6.61 Å². The maximum Gasteiger partial charge on any atom is 0.266 e. The van der Waals surface area contributed by atoms with Crippen molar-refractivity contribution in [3.63, 3.8) is 0 Å². The maximum absolute atomic E-state index is 13.2. The second-order valence-corrected chi connectivity index (χ2v) is 7.85. The molecule has 0 fully saturated rings. The first-order chi connectivity index (χ1) is 11.2. The van der Waals surface area contributed by atoms with E-state index in [1.54, 1.807) is 26.0 Å². The normalized spacial score (nSPS) is 12.4. The van der Waals surface area contributed by atoms with Gasteiger partial charge >= 0.3 is 0 Å². The van der Waals surface area contributed by atoms with Crippen molar-refractivity contribution >= 4 is 38.4 Å². The van der Waals surface area contributed by atoms with Crippen LogP contribution in [0.4, 0.5) is 0 Å². The summed E-state index contributed by atoms with van der Waals surface area (Å²) in [5.41, 5.74) is 5.70. The molecule has 0 saturated carbocycles. The highest BCUT2D eigenvalue weighted by Gasteiger charge is 2.33. The molecule has 1 amide bonds. The van der Waals surface area contributed by atoms with Crippen molar-refractivity contribution in [3.8, 4) is 0 Å². The predicted octanol–water partition coefficient (Wildman–Crippen LogP) is 1.97. The lowest BCUT2D eigenvalue weighted by atomic mass is 10.2. The average Bonchev–Trinajstić information content (AvgIpc) is 2.86. The monoisotopic (exact) mass is 373 g/mol. The first-order valence-corrected chi connectivity index (χ1v) is 9.13. The summed E-state index contributed by atoms with van der Waals surface area (Å²) >= 11 is 6.00. The van der Waals surface area contributed by atoms with Crippen molar-refractivity contribution in [2.75, 3.05) is 20.3 Å². The Morgan fingerprint density at radius 1 is 1.42 bits per heavy atom. The molecule has 0 spiro atoms. The standard InChI is InChI=1S/C15H20ClN3O4S/c1-9(2)19(6-7-23-3)24(21,22)14-11-8-10(16)4-5-12(11)18-13(14)15(17)20/h4-5,8-9,18H,6-7H2,1-3H3,(H2,17,20). The fraction of sp³-hybridized carbons (Fsp3) is 0.400. The molecule has 1 heterocycles. The van der Waals surface area contributed by atoms with E-state index in [1.165, 1.54) is 17.5 Å². The largest absolute Gasteiger partial charge is 0.383 e. The third kappa shape index (κ3) is 3.41. The van der Waals surface area contributed by atoms with Crippen molar-refractivity contribution in [1.82, 2.24) is 9.29 Å². The number of hydrogen-bond donors (Lipinski definition) is 2. The van der Waals surface area contributed by atoms with E-state index in [1.807, 2.05) is 0 Å². The zero-order valence-corrected chi connectivity index (χ0v) is 15.2. The Balaban J connectivity index is 2.74. The number of aromatic amines is 1. The van der Waals surface area contributed by atoms with E-state index in [0.29, 0.717) is 15.9 Å². The molecule has 0 atom stereocenters. The number of fused-ring (bicyclic) bond motifs is 1. The molecule has 0 unspecified atom stereocenters. The molecule has 24 heavy (non-hydrogen) atoms. The van der Waals surface area contributed by atoms with Crippen LogP contribution < -0.4 is 5.73 Å². The number of nitrogens with one attached hydrogen (secondary N) is 1. The number of amides is 1. The quantitative estimate of drug-likeness (QED) is 0.773. The molecule has 9 heteroatoms. The number of ether oxygens (including phenoxy) is 1. The fourth-order valence-corrected chi connectivity index (χ4v) is 4.67. The number of nitrogens with two attached hydrogens (primary N) is 1. The summed E-state index contributed by atoms with van der Waals surface area (Å²) in [5, 5.41) is 0.696. The van der Waals surface area contributed by atoms with Gasteiger partial charge in [0.1, 0.15) is 10.6 Å². The van der Waals surface area contributed by atoms with Gasteiger partial charge in [0.15, 0.2) is 0 Å². The molecular weight excluding hydrogens is 354 g/mol. The average molecular weight is 374 g/mol. The molecule has 2 aromatic rings. The lowest BCUT2D eigenvalue weighted by Gasteiger charge is -2.25. The second-order valence-electron chi connectivity index (χ2n) is 5.59.